The number of hydrogen-bond acceptors (Lipinski definition) is 9. The van der Waals surface area contributed by atoms with Crippen LogP contribution in [0.25, 0.3) is 11.1 Å². The molecule has 0 saturated carbocycles. The van der Waals surface area contributed by atoms with Crippen LogP contribution < -0.4 is 20.7 Å². The van der Waals surface area contributed by atoms with Gasteiger partial charge in [0.1, 0.15) is 24.7 Å². The number of aliphatic hydroxyl groups excluding tert-OH is 2. The summed E-state index contributed by atoms with van der Waals surface area (Å²) in [7, 11) is 0. The molecule has 2 atom stereocenters. The molecule has 0 aromatic heterocycles. The minimum atomic E-state index is -1.60. The van der Waals surface area contributed by atoms with Crippen molar-refractivity contribution < 1.29 is 29.6 Å². The van der Waals surface area contributed by atoms with Gasteiger partial charge in [-0.1, -0.05) is 36.4 Å². The largest absolute Gasteiger partial charge is 0.488 e. The van der Waals surface area contributed by atoms with Crippen LogP contribution in [0.1, 0.15) is 12.0 Å². The predicted octanol–water partition coefficient (Wildman–Crippen LogP) is 1.46. The highest BCUT2D eigenvalue weighted by Crippen LogP contribution is 2.32. The molecule has 3 aromatic carbocycles. The topological polar surface area (TPSA) is 138 Å². The van der Waals surface area contributed by atoms with E-state index in [1.807, 2.05) is 47.4 Å². The standard InChI is InChI=1S/C27H29N3O6/c28-21-8-4-5-9-22(21)30(26-13-23(32)25(15-31)36-26)17-29-14-18-10-11-20(19-6-2-1-3-7-19)24(12-18)35-16-27(33)34/h2,4-12,25-27,29,31,33-34H,13-17,28H2/t25-,26-/m1/s1. The lowest BCUT2D eigenvalue weighted by Crippen LogP contribution is -2.42. The van der Waals surface area contributed by atoms with Crippen molar-refractivity contribution in [1.82, 2.24) is 5.32 Å². The predicted molar refractivity (Wildman–Crippen MR) is 134 cm³/mol. The van der Waals surface area contributed by atoms with E-state index in [0.29, 0.717) is 24.7 Å². The molecule has 0 spiro atoms. The van der Waals surface area contributed by atoms with E-state index in [2.05, 4.69) is 17.4 Å². The first-order valence-corrected chi connectivity index (χ1v) is 11.6. The van der Waals surface area contributed by atoms with E-state index in [1.165, 1.54) is 0 Å². The lowest BCUT2D eigenvalue weighted by Gasteiger charge is -2.31. The smallest absolute Gasteiger partial charge is 0.186 e. The van der Waals surface area contributed by atoms with Gasteiger partial charge >= 0.3 is 0 Å². The summed E-state index contributed by atoms with van der Waals surface area (Å²) in [5, 5.41) is 31.4. The highest BCUT2D eigenvalue weighted by molar-refractivity contribution is 5.86. The maximum Gasteiger partial charge on any atom is 0.186 e. The van der Waals surface area contributed by atoms with Crippen molar-refractivity contribution in [3.05, 3.63) is 78.4 Å². The molecule has 1 saturated heterocycles. The normalized spacial score (nSPS) is 17.3. The van der Waals surface area contributed by atoms with Crippen LogP contribution in [-0.4, -0.2) is 59.6 Å². The lowest BCUT2D eigenvalue weighted by molar-refractivity contribution is -0.124. The molecule has 188 valence electrons. The molecule has 1 heterocycles. The number of carbonyl (C=O) groups excluding carboxylic acids is 1. The Labute approximate surface area is 209 Å². The minimum Gasteiger partial charge on any atom is -0.488 e. The van der Waals surface area contributed by atoms with Gasteiger partial charge in [0.05, 0.1) is 31.1 Å². The Balaban J connectivity index is 1.50. The zero-order valence-electron chi connectivity index (χ0n) is 19.6. The van der Waals surface area contributed by atoms with Crippen molar-refractivity contribution in [2.45, 2.75) is 31.6 Å². The number of carbonyl (C=O) groups is 1. The van der Waals surface area contributed by atoms with Crippen LogP contribution in [0.5, 0.6) is 5.75 Å². The van der Waals surface area contributed by atoms with Crippen molar-refractivity contribution in [3.63, 3.8) is 0 Å². The summed E-state index contributed by atoms with van der Waals surface area (Å²) in [4.78, 5) is 14.1. The number of anilines is 2. The second-order valence-corrected chi connectivity index (χ2v) is 8.39. The summed E-state index contributed by atoms with van der Waals surface area (Å²) in [6.45, 7) is 0.129. The van der Waals surface area contributed by atoms with Gasteiger partial charge in [-0.2, -0.15) is 0 Å². The molecular formula is C27H29N3O6. The number of nitrogens with one attached hydrogen (secondary N) is 1. The van der Waals surface area contributed by atoms with Crippen LogP contribution in [0.2, 0.25) is 0 Å². The van der Waals surface area contributed by atoms with Crippen LogP contribution >= 0.6 is 0 Å². The van der Waals surface area contributed by atoms with Gasteiger partial charge in [0.15, 0.2) is 12.1 Å². The highest BCUT2D eigenvalue weighted by Gasteiger charge is 2.37. The van der Waals surface area contributed by atoms with Gasteiger partial charge in [0.25, 0.3) is 0 Å². The Morgan fingerprint density at radius 3 is 2.72 bits per heavy atom. The molecule has 1 fully saturated rings. The maximum absolute atomic E-state index is 12.2. The van der Waals surface area contributed by atoms with Gasteiger partial charge in [-0.3, -0.25) is 10.1 Å². The number of para-hydroxylation sites is 2. The van der Waals surface area contributed by atoms with Crippen LogP contribution in [-0.2, 0) is 16.1 Å². The van der Waals surface area contributed by atoms with E-state index < -0.39 is 18.6 Å². The molecule has 36 heavy (non-hydrogen) atoms. The Kier molecular flexibility index (Phi) is 8.38. The number of benzene rings is 2. The zero-order valence-corrected chi connectivity index (χ0v) is 19.6. The van der Waals surface area contributed by atoms with Crippen molar-refractivity contribution in [3.8, 4) is 16.9 Å². The molecule has 9 nitrogen and oxygen atoms in total. The number of ketones is 1. The summed E-state index contributed by atoms with van der Waals surface area (Å²) < 4.78 is 11.5. The Morgan fingerprint density at radius 1 is 1.19 bits per heavy atom. The van der Waals surface area contributed by atoms with Gasteiger partial charge in [-0.15, -0.1) is 0 Å². The van der Waals surface area contributed by atoms with E-state index in [9.17, 15) is 20.1 Å². The summed E-state index contributed by atoms with van der Waals surface area (Å²) in [6, 6.07) is 24.2. The average Bonchev–Trinajstić information content (AvgIpc) is 3.26. The lowest BCUT2D eigenvalue weighted by atomic mass is 10.0. The fraction of sp³-hybridized carbons (Fsp3) is 0.296. The first-order valence-electron chi connectivity index (χ1n) is 11.6. The van der Waals surface area contributed by atoms with E-state index in [1.54, 1.807) is 18.2 Å². The van der Waals surface area contributed by atoms with Gasteiger partial charge in [0.2, 0.25) is 0 Å². The third kappa shape index (κ3) is 6.12. The summed E-state index contributed by atoms with van der Waals surface area (Å²) in [6.07, 6.45) is -2.87. The molecular weight excluding hydrogens is 462 g/mol. The zero-order chi connectivity index (χ0) is 25.5. The summed E-state index contributed by atoms with van der Waals surface area (Å²) >= 11 is 0. The Bertz CT molecular complexity index is 1160. The first kappa shape index (κ1) is 25.4. The summed E-state index contributed by atoms with van der Waals surface area (Å²) in [5.74, 6) is 0.350. The molecule has 3 aromatic rings. The van der Waals surface area contributed by atoms with Crippen LogP contribution in [0.15, 0.2) is 60.7 Å². The highest BCUT2D eigenvalue weighted by atomic mass is 16.5. The van der Waals surface area contributed by atoms with Crippen molar-refractivity contribution >= 4 is 17.2 Å². The Morgan fingerprint density at radius 2 is 2.03 bits per heavy atom. The molecule has 4 rings (SSSR count). The number of aliphatic hydroxyl groups is 3. The number of nitrogens with zero attached hydrogens (tertiary/aromatic N) is 1. The molecule has 0 aliphatic carbocycles. The fourth-order valence-electron chi connectivity index (χ4n) is 4.07. The molecule has 1 aliphatic rings. The van der Waals surface area contributed by atoms with E-state index in [-0.39, 0.29) is 25.4 Å². The number of rotatable bonds is 11. The van der Waals surface area contributed by atoms with E-state index in [4.69, 9.17) is 15.2 Å². The third-order valence-electron chi connectivity index (χ3n) is 5.83. The number of nitrogen functional groups attached to an aromatic ring is 1. The maximum atomic E-state index is 12.2. The first-order chi connectivity index (χ1) is 17.5. The molecule has 1 aliphatic heterocycles. The van der Waals surface area contributed by atoms with E-state index >= 15 is 0 Å². The number of ether oxygens (including phenoxy) is 2. The molecule has 0 bridgehead atoms. The van der Waals surface area contributed by atoms with Gasteiger partial charge < -0.3 is 35.4 Å². The SMILES string of the molecule is Nc1ccccc1N(CNCc1ccc(-c2cc#ccc2)c(OCC(O)O)c1)[C@H]1CC(=O)[C@@H](CO)O1. The van der Waals surface area contributed by atoms with E-state index in [0.717, 1.165) is 22.4 Å². The van der Waals surface area contributed by atoms with Crippen LogP contribution in [0.3, 0.4) is 0 Å². The molecule has 0 radical (unpaired) electrons. The average molecular weight is 492 g/mol. The molecule has 6 N–H and O–H groups in total. The second-order valence-electron chi connectivity index (χ2n) is 8.39. The number of hydrogen-bond donors (Lipinski definition) is 5. The second kappa shape index (κ2) is 11.9. The van der Waals surface area contributed by atoms with Crippen LogP contribution in [0.4, 0.5) is 11.4 Å². The van der Waals surface area contributed by atoms with Crippen LogP contribution in [0, 0.1) is 12.1 Å². The molecule has 0 amide bonds. The Hall–Kier alpha value is -3.65. The summed E-state index contributed by atoms with van der Waals surface area (Å²) in [5.41, 5.74) is 10.0. The number of Topliss-reactive ketones (excluding diaryl/α,β-unsaturated/α-hetero) is 1. The third-order valence-corrected chi connectivity index (χ3v) is 5.83. The monoisotopic (exact) mass is 491 g/mol. The molecule has 0 unspecified atom stereocenters. The minimum absolute atomic E-state index is 0.142. The van der Waals surface area contributed by atoms with Crippen molar-refractivity contribution in [2.75, 3.05) is 30.5 Å². The van der Waals surface area contributed by atoms with Gasteiger partial charge in [-0.05, 0) is 47.5 Å². The van der Waals surface area contributed by atoms with Crippen molar-refractivity contribution in [2.24, 2.45) is 0 Å². The van der Waals surface area contributed by atoms with Gasteiger partial charge in [0, 0.05) is 12.1 Å². The van der Waals surface area contributed by atoms with Gasteiger partial charge in [-0.25, -0.2) is 0 Å². The number of nitrogens with two attached hydrogens (primary N) is 1. The fourth-order valence-corrected chi connectivity index (χ4v) is 4.07. The van der Waals surface area contributed by atoms with Crippen molar-refractivity contribution in [1.29, 1.82) is 0 Å². The molecule has 9 heteroatoms. The quantitative estimate of drug-likeness (QED) is 0.199.